The third kappa shape index (κ3) is 4.21. The molecule has 0 heterocycles. The van der Waals surface area contributed by atoms with Crippen molar-refractivity contribution in [2.45, 2.75) is 31.3 Å². The minimum Gasteiger partial charge on any atom is -0.387 e. The van der Waals surface area contributed by atoms with Gasteiger partial charge in [0.05, 0.1) is 0 Å². The molecular weight excluding hydrogens is 220 g/mol. The molecular formula is C8H16N2O6. The van der Waals surface area contributed by atoms with Gasteiger partial charge in [0.15, 0.2) is 12.4 Å². The Morgan fingerprint density at radius 3 is 2.25 bits per heavy atom. The predicted octanol–water partition coefficient (Wildman–Crippen LogP) is -3.73. The summed E-state index contributed by atoms with van der Waals surface area (Å²) in [5.74, 6) is -0.980. The smallest absolute Gasteiger partial charge is 0.265 e. The lowest BCUT2D eigenvalue weighted by Gasteiger charge is -2.23. The fourth-order valence-corrected chi connectivity index (χ4v) is 0.874. The van der Waals surface area contributed by atoms with E-state index in [-0.39, 0.29) is 6.29 Å². The van der Waals surface area contributed by atoms with Crippen molar-refractivity contribution in [1.29, 1.82) is 0 Å². The number of amides is 1. The molecule has 0 aromatic rings. The van der Waals surface area contributed by atoms with E-state index < -0.39 is 30.3 Å². The fraction of sp³-hybridized carbons (Fsp3) is 0.750. The minimum absolute atomic E-state index is 0.0111. The SMILES string of the molecule is CCNNC(=O)[C@@H](O)[C@@H](O)[C@H](O)[C@@H](O)C=O. The Hall–Kier alpha value is -1.06. The summed E-state index contributed by atoms with van der Waals surface area (Å²) in [6, 6.07) is 0. The summed E-state index contributed by atoms with van der Waals surface area (Å²) in [5.41, 5.74) is 4.43. The molecule has 0 aliphatic carbocycles. The lowest BCUT2D eigenvalue weighted by molar-refractivity contribution is -0.150. The highest BCUT2D eigenvalue weighted by Crippen LogP contribution is 2.03. The minimum atomic E-state index is -1.96. The monoisotopic (exact) mass is 236 g/mol. The van der Waals surface area contributed by atoms with Crippen LogP contribution in [0.2, 0.25) is 0 Å². The van der Waals surface area contributed by atoms with Crippen LogP contribution in [0.1, 0.15) is 6.92 Å². The van der Waals surface area contributed by atoms with E-state index in [2.05, 4.69) is 5.43 Å². The van der Waals surface area contributed by atoms with Gasteiger partial charge in [-0.1, -0.05) is 6.92 Å². The number of nitrogens with one attached hydrogen (secondary N) is 2. The van der Waals surface area contributed by atoms with Gasteiger partial charge in [0.2, 0.25) is 0 Å². The van der Waals surface area contributed by atoms with Crippen LogP contribution >= 0.6 is 0 Å². The molecule has 0 saturated carbocycles. The van der Waals surface area contributed by atoms with E-state index in [0.717, 1.165) is 0 Å². The van der Waals surface area contributed by atoms with Crippen molar-refractivity contribution >= 4 is 12.2 Å². The Kier molecular flexibility index (Phi) is 6.77. The van der Waals surface area contributed by atoms with Crippen LogP contribution in [0.5, 0.6) is 0 Å². The first-order valence-corrected chi connectivity index (χ1v) is 4.66. The molecule has 94 valence electrons. The van der Waals surface area contributed by atoms with E-state index in [1.54, 1.807) is 6.92 Å². The van der Waals surface area contributed by atoms with Crippen LogP contribution in [-0.2, 0) is 9.59 Å². The standard InChI is InChI=1S/C8H16N2O6/c1-2-9-10-8(16)7(15)6(14)5(13)4(12)3-11/h3-7,9,12-15H,2H2,1H3,(H,10,16)/t4-,5+,6-,7-/m0/s1. The number of aliphatic hydroxyl groups excluding tert-OH is 4. The average molecular weight is 236 g/mol. The van der Waals surface area contributed by atoms with Crippen LogP contribution < -0.4 is 10.9 Å². The molecule has 0 aliphatic heterocycles. The first-order valence-electron chi connectivity index (χ1n) is 4.66. The van der Waals surface area contributed by atoms with Crippen molar-refractivity contribution in [3.63, 3.8) is 0 Å². The van der Waals surface area contributed by atoms with Crippen LogP contribution in [0, 0.1) is 0 Å². The molecule has 0 spiro atoms. The third-order valence-corrected chi connectivity index (χ3v) is 1.82. The number of carbonyl (C=O) groups excluding carboxylic acids is 2. The molecule has 8 heteroatoms. The van der Waals surface area contributed by atoms with Crippen LogP contribution in [0.3, 0.4) is 0 Å². The van der Waals surface area contributed by atoms with E-state index >= 15 is 0 Å². The zero-order chi connectivity index (χ0) is 12.7. The number of aldehydes is 1. The number of hydrogen-bond donors (Lipinski definition) is 6. The fourth-order valence-electron chi connectivity index (χ4n) is 0.874. The quantitative estimate of drug-likeness (QED) is 0.197. The molecule has 1 amide bonds. The molecule has 6 N–H and O–H groups in total. The maximum Gasteiger partial charge on any atom is 0.265 e. The normalized spacial score (nSPS) is 18.3. The van der Waals surface area contributed by atoms with Gasteiger partial charge >= 0.3 is 0 Å². The van der Waals surface area contributed by atoms with Gasteiger partial charge in [-0.25, -0.2) is 5.43 Å². The molecule has 0 aromatic heterocycles. The average Bonchev–Trinajstić information content (AvgIpc) is 2.31. The van der Waals surface area contributed by atoms with Gasteiger partial charge in [-0.2, -0.15) is 0 Å². The first kappa shape index (κ1) is 14.9. The third-order valence-electron chi connectivity index (χ3n) is 1.82. The van der Waals surface area contributed by atoms with Gasteiger partial charge in [-0.15, -0.1) is 0 Å². The second-order valence-electron chi connectivity index (χ2n) is 3.07. The highest BCUT2D eigenvalue weighted by molar-refractivity contribution is 5.80. The summed E-state index contributed by atoms with van der Waals surface area (Å²) in [5, 5.41) is 36.5. The first-order chi connectivity index (χ1) is 7.45. The molecule has 0 fully saturated rings. The maximum absolute atomic E-state index is 11.1. The van der Waals surface area contributed by atoms with Gasteiger partial charge in [0, 0.05) is 6.54 Å². The van der Waals surface area contributed by atoms with Crippen LogP contribution in [0.15, 0.2) is 0 Å². The largest absolute Gasteiger partial charge is 0.387 e. The predicted molar refractivity (Wildman–Crippen MR) is 51.9 cm³/mol. The van der Waals surface area contributed by atoms with Gasteiger partial charge in [-0.3, -0.25) is 10.2 Å². The highest BCUT2D eigenvalue weighted by Gasteiger charge is 2.34. The molecule has 4 atom stereocenters. The molecule has 16 heavy (non-hydrogen) atoms. The number of hydrazine groups is 1. The number of carbonyl (C=O) groups is 2. The molecule has 0 radical (unpaired) electrons. The number of hydrogen-bond acceptors (Lipinski definition) is 7. The van der Waals surface area contributed by atoms with Crippen molar-refractivity contribution in [2.75, 3.05) is 6.54 Å². The van der Waals surface area contributed by atoms with E-state index in [0.29, 0.717) is 6.54 Å². The number of aliphatic hydroxyl groups is 4. The van der Waals surface area contributed by atoms with E-state index in [1.807, 2.05) is 5.43 Å². The second kappa shape index (κ2) is 7.25. The molecule has 0 rings (SSSR count). The van der Waals surface area contributed by atoms with Gasteiger partial charge in [0.1, 0.15) is 18.3 Å². The van der Waals surface area contributed by atoms with Gasteiger partial charge < -0.3 is 25.2 Å². The Balaban J connectivity index is 4.30. The highest BCUT2D eigenvalue weighted by atomic mass is 16.4. The van der Waals surface area contributed by atoms with Crippen molar-refractivity contribution in [3.05, 3.63) is 0 Å². The molecule has 0 unspecified atom stereocenters. The lowest BCUT2D eigenvalue weighted by atomic mass is 10.0. The lowest BCUT2D eigenvalue weighted by Crippen LogP contribution is -2.53. The zero-order valence-electron chi connectivity index (χ0n) is 8.70. The van der Waals surface area contributed by atoms with Gasteiger partial charge in [-0.05, 0) is 0 Å². The molecule has 0 aromatic carbocycles. The van der Waals surface area contributed by atoms with Crippen molar-refractivity contribution in [1.82, 2.24) is 10.9 Å². The summed E-state index contributed by atoms with van der Waals surface area (Å²) < 4.78 is 0. The summed E-state index contributed by atoms with van der Waals surface area (Å²) >= 11 is 0. The van der Waals surface area contributed by atoms with E-state index in [1.165, 1.54) is 0 Å². The summed E-state index contributed by atoms with van der Waals surface area (Å²) in [4.78, 5) is 21.2. The number of rotatable bonds is 7. The molecule has 0 aliphatic rings. The van der Waals surface area contributed by atoms with Crippen LogP contribution in [0.4, 0.5) is 0 Å². The van der Waals surface area contributed by atoms with Crippen molar-refractivity contribution in [3.8, 4) is 0 Å². The Labute approximate surface area is 91.9 Å². The van der Waals surface area contributed by atoms with E-state index in [9.17, 15) is 19.8 Å². The maximum atomic E-state index is 11.1. The van der Waals surface area contributed by atoms with E-state index in [4.69, 9.17) is 10.2 Å². The van der Waals surface area contributed by atoms with Crippen LogP contribution in [0.25, 0.3) is 0 Å². The van der Waals surface area contributed by atoms with Crippen molar-refractivity contribution in [2.24, 2.45) is 0 Å². The topological polar surface area (TPSA) is 139 Å². The summed E-state index contributed by atoms with van der Waals surface area (Å²) in [6.45, 7) is 2.09. The van der Waals surface area contributed by atoms with Gasteiger partial charge in [0.25, 0.3) is 5.91 Å². The Morgan fingerprint density at radius 1 is 1.25 bits per heavy atom. The summed E-state index contributed by atoms with van der Waals surface area (Å²) in [6.07, 6.45) is -7.72. The second-order valence-corrected chi connectivity index (χ2v) is 3.07. The zero-order valence-corrected chi connectivity index (χ0v) is 8.70. The molecule has 8 nitrogen and oxygen atoms in total. The Morgan fingerprint density at radius 2 is 1.81 bits per heavy atom. The molecule has 0 bridgehead atoms. The summed E-state index contributed by atoms with van der Waals surface area (Å²) in [7, 11) is 0. The van der Waals surface area contributed by atoms with Crippen molar-refractivity contribution < 1.29 is 30.0 Å². The van der Waals surface area contributed by atoms with Crippen LogP contribution in [-0.4, -0.2) is 63.6 Å². The Bertz CT molecular complexity index is 237. The molecule has 0 saturated heterocycles.